The molecule has 0 radical (unpaired) electrons. The Morgan fingerprint density at radius 2 is 1.85 bits per heavy atom. The van der Waals surface area contributed by atoms with Crippen LogP contribution in [0.2, 0.25) is 0 Å². The normalized spacial score (nSPS) is 14.0. The second-order valence-corrected chi connectivity index (χ2v) is 2.81. The van der Waals surface area contributed by atoms with E-state index in [9.17, 15) is 5.11 Å². The number of aliphatic hydroxyl groups is 1. The first kappa shape index (κ1) is 10.0. The Morgan fingerprint density at radius 1 is 1.15 bits per heavy atom. The van der Waals surface area contributed by atoms with Gasteiger partial charge in [0.1, 0.15) is 0 Å². The predicted molar refractivity (Wildman–Crippen MR) is 55.5 cm³/mol. The van der Waals surface area contributed by atoms with Crippen molar-refractivity contribution in [3.8, 4) is 0 Å². The topological polar surface area (TPSA) is 20.2 Å². The van der Waals surface area contributed by atoms with Crippen molar-refractivity contribution >= 4 is 11.6 Å². The molecule has 1 aromatic rings. The van der Waals surface area contributed by atoms with Gasteiger partial charge in [-0.1, -0.05) is 60.2 Å². The maximum absolute atomic E-state index is 9.58. The molecule has 0 bridgehead atoms. The summed E-state index contributed by atoms with van der Waals surface area (Å²) in [5, 5.41) is 9.58. The van der Waals surface area contributed by atoms with Gasteiger partial charge in [0.2, 0.25) is 0 Å². The van der Waals surface area contributed by atoms with Crippen molar-refractivity contribution in [2.45, 2.75) is 6.10 Å². The van der Waals surface area contributed by atoms with Crippen molar-refractivity contribution in [1.82, 2.24) is 0 Å². The molecule has 1 N–H and O–H groups in total. The highest BCUT2D eigenvalue weighted by molar-refractivity contribution is 6.25. The maximum atomic E-state index is 9.58. The summed E-state index contributed by atoms with van der Waals surface area (Å²) >= 11 is 5.32. The van der Waals surface area contributed by atoms with Crippen LogP contribution in [0.5, 0.6) is 0 Å². The first-order valence-corrected chi connectivity index (χ1v) is 4.45. The first-order chi connectivity index (χ1) is 6.34. The van der Waals surface area contributed by atoms with Crippen LogP contribution in [0.4, 0.5) is 0 Å². The highest BCUT2D eigenvalue weighted by Gasteiger charge is 1.99. The fraction of sp³-hybridized carbons (Fsp3) is 0.0909. The molecule has 0 heterocycles. The second-order valence-electron chi connectivity index (χ2n) is 2.56. The van der Waals surface area contributed by atoms with Gasteiger partial charge in [-0.25, -0.2) is 0 Å². The number of benzene rings is 1. The molecule has 0 fully saturated rings. The lowest BCUT2D eigenvalue weighted by atomic mass is 10.1. The molecule has 1 rings (SSSR count). The predicted octanol–water partition coefficient (Wildman–Crippen LogP) is 3.03. The van der Waals surface area contributed by atoms with Gasteiger partial charge in [-0.05, 0) is 5.56 Å². The molecule has 0 amide bonds. The van der Waals surface area contributed by atoms with Crippen molar-refractivity contribution in [3.63, 3.8) is 0 Å². The molecular formula is C11H11ClO. The molecule has 2 heteroatoms. The largest absolute Gasteiger partial charge is 0.384 e. The Bertz CT molecular complexity index is 290. The van der Waals surface area contributed by atoms with E-state index in [1.54, 1.807) is 18.2 Å². The third-order valence-electron chi connectivity index (χ3n) is 1.62. The minimum absolute atomic E-state index is 0.561. The van der Waals surface area contributed by atoms with Gasteiger partial charge in [0, 0.05) is 5.54 Å². The van der Waals surface area contributed by atoms with E-state index in [0.717, 1.165) is 5.56 Å². The average molecular weight is 195 g/mol. The zero-order valence-corrected chi connectivity index (χ0v) is 7.85. The number of hydrogen-bond donors (Lipinski definition) is 1. The van der Waals surface area contributed by atoms with E-state index in [1.165, 1.54) is 5.54 Å². The van der Waals surface area contributed by atoms with Crippen LogP contribution < -0.4 is 0 Å². The summed E-state index contributed by atoms with van der Waals surface area (Å²) in [6, 6.07) is 9.45. The quantitative estimate of drug-likeness (QED) is 0.734. The van der Waals surface area contributed by atoms with Crippen molar-refractivity contribution in [2.75, 3.05) is 0 Å². The fourth-order valence-corrected chi connectivity index (χ4v) is 1.06. The number of aliphatic hydroxyl groups excluding tert-OH is 1. The van der Waals surface area contributed by atoms with Gasteiger partial charge >= 0.3 is 0 Å². The van der Waals surface area contributed by atoms with E-state index in [4.69, 9.17) is 11.6 Å². The van der Waals surface area contributed by atoms with Crippen LogP contribution in [0.15, 0.2) is 54.1 Å². The van der Waals surface area contributed by atoms with Crippen LogP contribution >= 0.6 is 11.6 Å². The molecule has 1 unspecified atom stereocenters. The summed E-state index contributed by atoms with van der Waals surface area (Å²) in [6.07, 6.45) is 4.49. The van der Waals surface area contributed by atoms with E-state index in [2.05, 4.69) is 0 Å². The maximum Gasteiger partial charge on any atom is 0.0974 e. The highest BCUT2D eigenvalue weighted by Crippen LogP contribution is 2.12. The molecule has 0 aromatic heterocycles. The number of rotatable bonds is 3. The monoisotopic (exact) mass is 194 g/mol. The summed E-state index contributed by atoms with van der Waals surface area (Å²) in [7, 11) is 0. The summed E-state index contributed by atoms with van der Waals surface area (Å²) in [5.74, 6) is 0. The molecule has 0 aliphatic heterocycles. The van der Waals surface area contributed by atoms with E-state index >= 15 is 0 Å². The summed E-state index contributed by atoms with van der Waals surface area (Å²) in [4.78, 5) is 0. The van der Waals surface area contributed by atoms with E-state index in [1.807, 2.05) is 30.3 Å². The van der Waals surface area contributed by atoms with Gasteiger partial charge in [-0.3, -0.25) is 0 Å². The van der Waals surface area contributed by atoms with Crippen LogP contribution in [0.3, 0.4) is 0 Å². The highest BCUT2D eigenvalue weighted by atomic mass is 35.5. The first-order valence-electron chi connectivity index (χ1n) is 4.01. The third kappa shape index (κ3) is 3.45. The SMILES string of the molecule is OC(/C=C/C=C/Cl)c1ccccc1. The van der Waals surface area contributed by atoms with Crippen molar-refractivity contribution in [2.24, 2.45) is 0 Å². The van der Waals surface area contributed by atoms with E-state index in [-0.39, 0.29) is 0 Å². The molecule has 0 saturated heterocycles. The molecule has 68 valence electrons. The molecular weight excluding hydrogens is 184 g/mol. The van der Waals surface area contributed by atoms with Crippen molar-refractivity contribution in [1.29, 1.82) is 0 Å². The van der Waals surface area contributed by atoms with Gasteiger partial charge in [-0.2, -0.15) is 0 Å². The van der Waals surface area contributed by atoms with E-state index in [0.29, 0.717) is 0 Å². The molecule has 1 nitrogen and oxygen atoms in total. The fourth-order valence-electron chi connectivity index (χ4n) is 0.973. The molecule has 1 aromatic carbocycles. The Kier molecular flexibility index (Phi) is 4.30. The average Bonchev–Trinajstić information content (AvgIpc) is 2.19. The van der Waals surface area contributed by atoms with Crippen molar-refractivity contribution in [3.05, 3.63) is 59.7 Å². The van der Waals surface area contributed by atoms with E-state index < -0.39 is 6.10 Å². The third-order valence-corrected chi connectivity index (χ3v) is 1.76. The molecule has 0 saturated carbocycles. The number of halogens is 1. The van der Waals surface area contributed by atoms with Gasteiger partial charge < -0.3 is 5.11 Å². The molecule has 0 aliphatic rings. The van der Waals surface area contributed by atoms with Crippen LogP contribution in [0, 0.1) is 0 Å². The lowest BCUT2D eigenvalue weighted by Gasteiger charge is -2.03. The molecule has 0 spiro atoms. The van der Waals surface area contributed by atoms with Crippen LogP contribution in [-0.2, 0) is 0 Å². The lowest BCUT2D eigenvalue weighted by molar-refractivity contribution is 0.228. The minimum atomic E-state index is -0.561. The Labute approximate surface area is 83.0 Å². The second kappa shape index (κ2) is 5.57. The van der Waals surface area contributed by atoms with Crippen LogP contribution in [0.25, 0.3) is 0 Å². The van der Waals surface area contributed by atoms with Gasteiger partial charge in [0.25, 0.3) is 0 Å². The van der Waals surface area contributed by atoms with Crippen molar-refractivity contribution < 1.29 is 5.11 Å². The Hall–Kier alpha value is -1.05. The Morgan fingerprint density at radius 3 is 2.46 bits per heavy atom. The zero-order chi connectivity index (χ0) is 9.52. The number of allylic oxidation sites excluding steroid dienone is 2. The molecule has 1 atom stereocenters. The van der Waals surface area contributed by atoms with Crippen LogP contribution in [-0.4, -0.2) is 5.11 Å². The van der Waals surface area contributed by atoms with Gasteiger partial charge in [-0.15, -0.1) is 0 Å². The van der Waals surface area contributed by atoms with Gasteiger partial charge in [0.15, 0.2) is 0 Å². The zero-order valence-electron chi connectivity index (χ0n) is 7.10. The summed E-state index contributed by atoms with van der Waals surface area (Å²) in [6.45, 7) is 0. The van der Waals surface area contributed by atoms with Crippen LogP contribution in [0.1, 0.15) is 11.7 Å². The lowest BCUT2D eigenvalue weighted by Crippen LogP contribution is -1.91. The Balaban J connectivity index is 2.63. The number of hydrogen-bond acceptors (Lipinski definition) is 1. The standard InChI is InChI=1S/C11H11ClO/c12-9-5-4-8-11(13)10-6-2-1-3-7-10/h1-9,11,13H/b8-4+,9-5+. The molecule has 0 aliphatic carbocycles. The molecule has 13 heavy (non-hydrogen) atoms. The smallest absolute Gasteiger partial charge is 0.0974 e. The minimum Gasteiger partial charge on any atom is -0.384 e. The summed E-state index contributed by atoms with van der Waals surface area (Å²) < 4.78 is 0. The summed E-state index contributed by atoms with van der Waals surface area (Å²) in [5.41, 5.74) is 2.27. The van der Waals surface area contributed by atoms with Gasteiger partial charge in [0.05, 0.1) is 6.10 Å².